The Morgan fingerprint density at radius 2 is 2.20 bits per heavy atom. The predicted octanol–water partition coefficient (Wildman–Crippen LogP) is 1.59. The van der Waals surface area contributed by atoms with Gasteiger partial charge in [-0.3, -0.25) is 4.21 Å². The molecule has 0 aromatic heterocycles. The summed E-state index contributed by atoms with van der Waals surface area (Å²) in [6.45, 7) is 0.669. The summed E-state index contributed by atoms with van der Waals surface area (Å²) in [6, 6.07) is 4.33. The minimum absolute atomic E-state index is 0.350. The van der Waals surface area contributed by atoms with Gasteiger partial charge in [-0.15, -0.1) is 0 Å². The lowest BCUT2D eigenvalue weighted by atomic mass is 10.2. The molecule has 0 saturated carbocycles. The van der Waals surface area contributed by atoms with E-state index in [1.165, 1.54) is 12.1 Å². The molecule has 84 valence electrons. The summed E-state index contributed by atoms with van der Waals surface area (Å²) in [5.74, 6) is 0.300. The summed E-state index contributed by atoms with van der Waals surface area (Å²) in [4.78, 5) is 0. The van der Waals surface area contributed by atoms with Gasteiger partial charge in [0.05, 0.1) is 0 Å². The van der Waals surface area contributed by atoms with Crippen molar-refractivity contribution in [2.24, 2.45) is 0 Å². The van der Waals surface area contributed by atoms with Gasteiger partial charge in [0.1, 0.15) is 5.82 Å². The third-order valence-electron chi connectivity index (χ3n) is 1.86. The Hall–Kier alpha value is -1.10. The van der Waals surface area contributed by atoms with Crippen LogP contribution >= 0.6 is 0 Å². The van der Waals surface area contributed by atoms with Crippen molar-refractivity contribution in [1.29, 1.82) is 0 Å². The van der Waals surface area contributed by atoms with E-state index in [2.05, 4.69) is 5.32 Å². The Labute approximate surface area is 91.3 Å². The van der Waals surface area contributed by atoms with Gasteiger partial charge >= 0.3 is 0 Å². The second kappa shape index (κ2) is 5.70. The SMILES string of the molecule is CS(=O)CCCNc1cc(N)cc(F)c1. The van der Waals surface area contributed by atoms with Gasteiger partial charge in [-0.05, 0) is 24.6 Å². The van der Waals surface area contributed by atoms with Gasteiger partial charge in [0.2, 0.25) is 0 Å². The van der Waals surface area contributed by atoms with E-state index in [-0.39, 0.29) is 5.82 Å². The Balaban J connectivity index is 2.40. The highest BCUT2D eigenvalue weighted by molar-refractivity contribution is 7.84. The maximum Gasteiger partial charge on any atom is 0.127 e. The van der Waals surface area contributed by atoms with Gasteiger partial charge < -0.3 is 11.1 Å². The zero-order chi connectivity index (χ0) is 11.3. The zero-order valence-electron chi connectivity index (χ0n) is 8.63. The quantitative estimate of drug-likeness (QED) is 0.596. The molecule has 0 aliphatic carbocycles. The number of nitrogen functional groups attached to an aromatic ring is 1. The molecule has 3 nitrogen and oxygen atoms in total. The second-order valence-corrected chi connectivity index (χ2v) is 4.89. The number of benzene rings is 1. The van der Waals surface area contributed by atoms with Crippen LogP contribution in [0.1, 0.15) is 6.42 Å². The summed E-state index contributed by atoms with van der Waals surface area (Å²) in [7, 11) is -0.771. The van der Waals surface area contributed by atoms with Crippen LogP contribution in [0, 0.1) is 5.82 Å². The van der Waals surface area contributed by atoms with E-state index >= 15 is 0 Å². The Morgan fingerprint density at radius 3 is 2.80 bits per heavy atom. The number of nitrogens with two attached hydrogens (primary N) is 1. The van der Waals surface area contributed by atoms with Crippen LogP contribution in [0.3, 0.4) is 0 Å². The van der Waals surface area contributed by atoms with Crippen molar-refractivity contribution in [3.05, 3.63) is 24.0 Å². The molecule has 0 amide bonds. The number of hydrogen-bond donors (Lipinski definition) is 2. The van der Waals surface area contributed by atoms with Gasteiger partial charge in [-0.2, -0.15) is 0 Å². The molecule has 0 saturated heterocycles. The summed E-state index contributed by atoms with van der Waals surface area (Å²) in [5.41, 5.74) is 6.54. The van der Waals surface area contributed by atoms with Crippen LogP contribution < -0.4 is 11.1 Å². The first-order valence-electron chi connectivity index (χ1n) is 4.68. The summed E-state index contributed by atoms with van der Waals surface area (Å²) in [5, 5.41) is 3.03. The van der Waals surface area contributed by atoms with Crippen molar-refractivity contribution in [2.75, 3.05) is 29.6 Å². The van der Waals surface area contributed by atoms with Crippen LogP contribution in [0.25, 0.3) is 0 Å². The lowest BCUT2D eigenvalue weighted by Gasteiger charge is -2.06. The monoisotopic (exact) mass is 230 g/mol. The standard InChI is InChI=1S/C10H15FN2OS/c1-15(14)4-2-3-13-10-6-8(11)5-9(12)7-10/h5-7,13H,2-4,12H2,1H3. The van der Waals surface area contributed by atoms with Crippen molar-refractivity contribution in [3.63, 3.8) is 0 Å². The van der Waals surface area contributed by atoms with E-state index in [1.54, 1.807) is 12.3 Å². The minimum atomic E-state index is -0.771. The van der Waals surface area contributed by atoms with E-state index in [0.717, 1.165) is 6.42 Å². The summed E-state index contributed by atoms with van der Waals surface area (Å²) in [6.07, 6.45) is 2.46. The van der Waals surface area contributed by atoms with E-state index in [0.29, 0.717) is 23.7 Å². The van der Waals surface area contributed by atoms with Crippen LogP contribution in [0.2, 0.25) is 0 Å². The number of rotatable bonds is 5. The molecule has 1 atom stereocenters. The van der Waals surface area contributed by atoms with E-state index in [1.807, 2.05) is 0 Å². The molecule has 1 rings (SSSR count). The molecule has 15 heavy (non-hydrogen) atoms. The van der Waals surface area contributed by atoms with Crippen molar-refractivity contribution in [2.45, 2.75) is 6.42 Å². The highest BCUT2D eigenvalue weighted by atomic mass is 32.2. The zero-order valence-corrected chi connectivity index (χ0v) is 9.44. The van der Waals surface area contributed by atoms with Gasteiger partial charge in [-0.1, -0.05) is 0 Å². The normalized spacial score (nSPS) is 12.4. The van der Waals surface area contributed by atoms with Crippen molar-refractivity contribution >= 4 is 22.2 Å². The maximum atomic E-state index is 12.9. The van der Waals surface area contributed by atoms with E-state index in [4.69, 9.17) is 5.73 Å². The number of hydrogen-bond acceptors (Lipinski definition) is 3. The fourth-order valence-electron chi connectivity index (χ4n) is 1.22. The van der Waals surface area contributed by atoms with Gasteiger partial charge in [0.25, 0.3) is 0 Å². The number of nitrogens with one attached hydrogen (secondary N) is 1. The predicted molar refractivity (Wildman–Crippen MR) is 62.9 cm³/mol. The van der Waals surface area contributed by atoms with Crippen molar-refractivity contribution in [1.82, 2.24) is 0 Å². The molecule has 1 unspecified atom stereocenters. The maximum absolute atomic E-state index is 12.9. The molecular formula is C10H15FN2OS. The molecule has 1 aromatic carbocycles. The first kappa shape index (κ1) is 12.0. The molecular weight excluding hydrogens is 215 g/mol. The number of anilines is 2. The molecule has 0 fully saturated rings. The van der Waals surface area contributed by atoms with Gasteiger partial charge in [0, 0.05) is 40.7 Å². The first-order chi connectivity index (χ1) is 7.08. The third kappa shape index (κ3) is 4.78. The molecule has 0 aliphatic heterocycles. The first-order valence-corrected chi connectivity index (χ1v) is 6.40. The second-order valence-electron chi connectivity index (χ2n) is 3.33. The Kier molecular flexibility index (Phi) is 4.55. The molecule has 0 spiro atoms. The minimum Gasteiger partial charge on any atom is -0.399 e. The van der Waals surface area contributed by atoms with Crippen LogP contribution in [0.15, 0.2) is 18.2 Å². The molecule has 3 N–H and O–H groups in total. The van der Waals surface area contributed by atoms with Crippen LogP contribution in [0.5, 0.6) is 0 Å². The summed E-state index contributed by atoms with van der Waals surface area (Å²) < 4.78 is 23.7. The molecule has 0 radical (unpaired) electrons. The van der Waals surface area contributed by atoms with Crippen molar-refractivity contribution in [3.8, 4) is 0 Å². The average Bonchev–Trinajstić information content (AvgIpc) is 2.10. The number of halogens is 1. The topological polar surface area (TPSA) is 55.1 Å². The molecule has 0 heterocycles. The fourth-order valence-corrected chi connectivity index (χ4v) is 1.77. The van der Waals surface area contributed by atoms with Gasteiger partial charge in [0.15, 0.2) is 0 Å². The molecule has 5 heteroatoms. The van der Waals surface area contributed by atoms with Gasteiger partial charge in [-0.25, -0.2) is 4.39 Å². The third-order valence-corrected chi connectivity index (χ3v) is 2.72. The lowest BCUT2D eigenvalue weighted by Crippen LogP contribution is -2.06. The lowest BCUT2D eigenvalue weighted by molar-refractivity contribution is 0.629. The van der Waals surface area contributed by atoms with E-state index < -0.39 is 10.8 Å². The van der Waals surface area contributed by atoms with Crippen LogP contribution in [0.4, 0.5) is 15.8 Å². The highest BCUT2D eigenvalue weighted by Gasteiger charge is 1.98. The fraction of sp³-hybridized carbons (Fsp3) is 0.400. The average molecular weight is 230 g/mol. The largest absolute Gasteiger partial charge is 0.399 e. The molecule has 0 aliphatic rings. The van der Waals surface area contributed by atoms with E-state index in [9.17, 15) is 8.60 Å². The van der Waals surface area contributed by atoms with Crippen LogP contribution in [-0.2, 0) is 10.8 Å². The Bertz CT molecular complexity index is 337. The summed E-state index contributed by atoms with van der Waals surface area (Å²) >= 11 is 0. The highest BCUT2D eigenvalue weighted by Crippen LogP contribution is 2.15. The van der Waals surface area contributed by atoms with Crippen LogP contribution in [-0.4, -0.2) is 22.8 Å². The van der Waals surface area contributed by atoms with Crippen molar-refractivity contribution < 1.29 is 8.60 Å². The smallest absolute Gasteiger partial charge is 0.127 e. The molecule has 0 bridgehead atoms. The Morgan fingerprint density at radius 1 is 1.47 bits per heavy atom. The molecule has 1 aromatic rings.